The third-order valence-electron chi connectivity index (χ3n) is 5.41. The Morgan fingerprint density at radius 3 is 2.48 bits per heavy atom. The molecule has 2 bridgehead atoms. The van der Waals surface area contributed by atoms with Crippen molar-refractivity contribution in [3.05, 3.63) is 52.8 Å². The van der Waals surface area contributed by atoms with Gasteiger partial charge in [-0.25, -0.2) is 0 Å². The van der Waals surface area contributed by atoms with E-state index in [4.69, 9.17) is 32.7 Å². The van der Waals surface area contributed by atoms with Gasteiger partial charge in [-0.2, -0.15) is 0 Å². The van der Waals surface area contributed by atoms with E-state index < -0.39 is 0 Å². The molecule has 0 unspecified atom stereocenters. The maximum absolute atomic E-state index is 12.3. The highest BCUT2D eigenvalue weighted by Gasteiger charge is 2.68. The largest absolute Gasteiger partial charge is 0.486 e. The highest BCUT2D eigenvalue weighted by molar-refractivity contribution is 6.42. The Morgan fingerprint density at radius 1 is 1.03 bits per heavy atom. The summed E-state index contributed by atoms with van der Waals surface area (Å²) in [5, 5.41) is 3.87. The summed E-state index contributed by atoms with van der Waals surface area (Å²) in [6.45, 7) is -0.0467. The van der Waals surface area contributed by atoms with Gasteiger partial charge < -0.3 is 14.8 Å². The van der Waals surface area contributed by atoms with E-state index >= 15 is 0 Å². The molecule has 152 valence electrons. The Hall–Kier alpha value is -2.31. The summed E-state index contributed by atoms with van der Waals surface area (Å²) in [7, 11) is 0. The van der Waals surface area contributed by atoms with Crippen LogP contribution in [0.5, 0.6) is 11.5 Å². The van der Waals surface area contributed by atoms with Crippen molar-refractivity contribution in [2.75, 3.05) is 13.2 Å². The van der Waals surface area contributed by atoms with Crippen molar-refractivity contribution in [2.24, 2.45) is 5.41 Å². The van der Waals surface area contributed by atoms with Crippen LogP contribution >= 0.6 is 23.2 Å². The lowest BCUT2D eigenvalue weighted by molar-refractivity contribution is -0.173. The van der Waals surface area contributed by atoms with Crippen LogP contribution in [-0.2, 0) is 9.59 Å². The number of rotatable bonds is 9. The Balaban J connectivity index is 1.17. The summed E-state index contributed by atoms with van der Waals surface area (Å²) in [4.78, 5) is 28.4. The van der Waals surface area contributed by atoms with Crippen molar-refractivity contribution in [1.82, 2.24) is 10.3 Å². The average molecular weight is 435 g/mol. The molecule has 0 spiro atoms. The predicted molar refractivity (Wildman–Crippen MR) is 108 cm³/mol. The zero-order valence-corrected chi connectivity index (χ0v) is 17.1. The summed E-state index contributed by atoms with van der Waals surface area (Å²) in [6, 6.07) is 8.41. The molecule has 1 aromatic heterocycles. The highest BCUT2D eigenvalue weighted by atomic mass is 35.5. The fraction of sp³-hybridized carbons (Fsp3) is 0.381. The van der Waals surface area contributed by atoms with Crippen LogP contribution in [-0.4, -0.2) is 35.4 Å². The SMILES string of the molecule is O=C(COc1ccc(Cl)c(Cl)c1)CC12CC(NC(=O)COc3cccnc3)(C1)C2. The smallest absolute Gasteiger partial charge is 0.258 e. The monoisotopic (exact) mass is 434 g/mol. The van der Waals surface area contributed by atoms with Crippen molar-refractivity contribution in [3.63, 3.8) is 0 Å². The number of amides is 1. The van der Waals surface area contributed by atoms with E-state index in [0.29, 0.717) is 28.0 Å². The number of hydrogen-bond donors (Lipinski definition) is 1. The van der Waals surface area contributed by atoms with Gasteiger partial charge in [0.05, 0.1) is 16.2 Å². The van der Waals surface area contributed by atoms with E-state index in [1.807, 2.05) is 0 Å². The van der Waals surface area contributed by atoms with Gasteiger partial charge in [0.1, 0.15) is 18.1 Å². The third-order valence-corrected chi connectivity index (χ3v) is 6.15. The number of carbonyl (C=O) groups is 2. The van der Waals surface area contributed by atoms with Crippen LogP contribution in [0.25, 0.3) is 0 Å². The van der Waals surface area contributed by atoms with Crippen LogP contribution in [0.15, 0.2) is 42.7 Å². The molecule has 1 heterocycles. The molecule has 0 atom stereocenters. The van der Waals surface area contributed by atoms with Crippen molar-refractivity contribution >= 4 is 34.9 Å². The van der Waals surface area contributed by atoms with Crippen LogP contribution in [0.4, 0.5) is 0 Å². The molecular weight excluding hydrogens is 415 g/mol. The highest BCUT2D eigenvalue weighted by Crippen LogP contribution is 2.68. The molecule has 0 aliphatic heterocycles. The van der Waals surface area contributed by atoms with E-state index in [-0.39, 0.29) is 35.9 Å². The van der Waals surface area contributed by atoms with E-state index in [9.17, 15) is 9.59 Å². The van der Waals surface area contributed by atoms with Gasteiger partial charge in [0.15, 0.2) is 12.4 Å². The number of ketones is 1. The Labute approximate surface area is 178 Å². The lowest BCUT2D eigenvalue weighted by Crippen LogP contribution is -2.75. The summed E-state index contributed by atoms with van der Waals surface area (Å²) in [6.07, 6.45) is 6.11. The summed E-state index contributed by atoms with van der Waals surface area (Å²) < 4.78 is 10.9. The minimum Gasteiger partial charge on any atom is -0.486 e. The van der Waals surface area contributed by atoms with Crippen molar-refractivity contribution in [3.8, 4) is 11.5 Å². The first-order valence-electron chi connectivity index (χ1n) is 9.31. The molecule has 1 N–H and O–H groups in total. The van der Waals surface area contributed by atoms with Gasteiger partial charge in [0.2, 0.25) is 0 Å². The molecule has 29 heavy (non-hydrogen) atoms. The number of carbonyl (C=O) groups excluding carboxylic acids is 2. The van der Waals surface area contributed by atoms with Crippen molar-refractivity contribution in [1.29, 1.82) is 0 Å². The molecule has 3 aliphatic rings. The predicted octanol–water partition coefficient (Wildman–Crippen LogP) is 3.84. The standard InChI is InChI=1S/C21H20Cl2N2O4/c22-17-4-3-15(6-18(17)23)28-9-14(26)7-20-11-21(12-20,13-20)25-19(27)10-29-16-2-1-5-24-8-16/h1-6,8H,7,9-13H2,(H,25,27). The number of benzene rings is 1. The van der Waals surface area contributed by atoms with E-state index in [0.717, 1.165) is 19.3 Å². The zero-order chi connectivity index (χ0) is 20.5. The van der Waals surface area contributed by atoms with Gasteiger partial charge in [-0.15, -0.1) is 0 Å². The number of nitrogens with zero attached hydrogens (tertiary/aromatic N) is 1. The second-order valence-corrected chi connectivity index (χ2v) is 8.73. The fourth-order valence-corrected chi connectivity index (χ4v) is 4.72. The molecule has 3 fully saturated rings. The van der Waals surface area contributed by atoms with Gasteiger partial charge >= 0.3 is 0 Å². The van der Waals surface area contributed by atoms with E-state index in [1.165, 1.54) is 0 Å². The molecule has 0 radical (unpaired) electrons. The van der Waals surface area contributed by atoms with Gasteiger partial charge in [-0.3, -0.25) is 14.6 Å². The molecule has 3 saturated carbocycles. The summed E-state index contributed by atoms with van der Waals surface area (Å²) in [5.74, 6) is 0.957. The molecule has 0 saturated heterocycles. The Morgan fingerprint density at radius 2 is 1.79 bits per heavy atom. The Bertz CT molecular complexity index is 916. The van der Waals surface area contributed by atoms with Crippen molar-refractivity contribution in [2.45, 2.75) is 31.2 Å². The Kier molecular flexibility index (Phi) is 5.40. The molecule has 6 nitrogen and oxygen atoms in total. The van der Waals surface area contributed by atoms with Crippen LogP contribution < -0.4 is 14.8 Å². The van der Waals surface area contributed by atoms with E-state index in [1.54, 1.807) is 42.7 Å². The van der Waals surface area contributed by atoms with Crippen LogP contribution in [0.2, 0.25) is 10.0 Å². The molecule has 1 amide bonds. The fourth-order valence-electron chi connectivity index (χ4n) is 4.43. The lowest BCUT2D eigenvalue weighted by Gasteiger charge is -2.70. The molecule has 3 aliphatic carbocycles. The summed E-state index contributed by atoms with van der Waals surface area (Å²) >= 11 is 11.8. The number of ether oxygens (including phenoxy) is 2. The number of Topliss-reactive ketones (excluding diaryl/α,β-unsaturated/α-hetero) is 1. The van der Waals surface area contributed by atoms with Gasteiger partial charge in [0.25, 0.3) is 5.91 Å². The summed E-state index contributed by atoms with van der Waals surface area (Å²) in [5.41, 5.74) is -0.185. The van der Waals surface area contributed by atoms with Crippen molar-refractivity contribution < 1.29 is 19.1 Å². The minimum atomic E-state index is -0.180. The number of aromatic nitrogens is 1. The molecule has 8 heteroatoms. The van der Waals surface area contributed by atoms with Gasteiger partial charge in [-0.1, -0.05) is 23.2 Å². The maximum Gasteiger partial charge on any atom is 0.258 e. The lowest BCUT2D eigenvalue weighted by atomic mass is 9.38. The maximum atomic E-state index is 12.3. The first kappa shape index (κ1) is 20.0. The number of hydrogen-bond acceptors (Lipinski definition) is 5. The first-order chi connectivity index (χ1) is 13.9. The molecular formula is C21H20Cl2N2O4. The zero-order valence-electron chi connectivity index (χ0n) is 15.6. The van der Waals surface area contributed by atoms with Gasteiger partial charge in [0, 0.05) is 24.2 Å². The molecule has 2 aromatic rings. The first-order valence-corrected chi connectivity index (χ1v) is 10.1. The quantitative estimate of drug-likeness (QED) is 0.648. The number of halogens is 2. The average Bonchev–Trinajstić information content (AvgIpc) is 2.65. The van der Waals surface area contributed by atoms with Gasteiger partial charge in [-0.05, 0) is 48.9 Å². The van der Waals surface area contributed by atoms with E-state index in [2.05, 4.69) is 10.3 Å². The van der Waals surface area contributed by atoms with Crippen LogP contribution in [0.3, 0.4) is 0 Å². The minimum absolute atomic E-state index is 0.00196. The number of nitrogens with one attached hydrogen (secondary N) is 1. The second kappa shape index (κ2) is 7.84. The molecule has 5 rings (SSSR count). The van der Waals surface area contributed by atoms with Crippen LogP contribution in [0.1, 0.15) is 25.7 Å². The normalized spacial score (nSPS) is 24.1. The molecule has 1 aromatic carbocycles. The number of pyridine rings is 1. The topological polar surface area (TPSA) is 77.5 Å². The van der Waals surface area contributed by atoms with Crippen LogP contribution in [0, 0.1) is 5.41 Å². The second-order valence-electron chi connectivity index (χ2n) is 7.92. The third kappa shape index (κ3) is 4.49.